The maximum Gasteiger partial charge on any atom is 0.255 e. The number of aryl methyl sites for hydroxylation is 2. The maximum atomic E-state index is 12.1. The molecule has 4 nitrogen and oxygen atoms in total. The van der Waals surface area contributed by atoms with E-state index in [-0.39, 0.29) is 5.91 Å². The van der Waals surface area contributed by atoms with Gasteiger partial charge in [0.2, 0.25) is 0 Å². The second-order valence-corrected chi connectivity index (χ2v) is 6.25. The smallest absolute Gasteiger partial charge is 0.255 e. The molecule has 3 rings (SSSR count). The molecule has 1 aliphatic carbocycles. The van der Waals surface area contributed by atoms with Gasteiger partial charge in [-0.05, 0) is 31.7 Å². The molecule has 1 aliphatic rings. The third kappa shape index (κ3) is 3.49. The fraction of sp³-hybridized carbons (Fsp3) is 0.375. The van der Waals surface area contributed by atoms with Crippen LogP contribution in [0.4, 0.5) is 5.13 Å². The van der Waals surface area contributed by atoms with Crippen LogP contribution >= 0.6 is 11.3 Å². The van der Waals surface area contributed by atoms with Gasteiger partial charge in [-0.15, -0.1) is 11.3 Å². The van der Waals surface area contributed by atoms with Crippen LogP contribution in [0, 0.1) is 0 Å². The van der Waals surface area contributed by atoms with Crippen LogP contribution in [-0.2, 0) is 29.0 Å². The molecule has 0 aliphatic heterocycles. The number of hydrogen-bond acceptors (Lipinski definition) is 4. The second-order valence-electron chi connectivity index (χ2n) is 5.17. The summed E-state index contributed by atoms with van der Waals surface area (Å²) in [6.07, 6.45) is 2.80. The van der Waals surface area contributed by atoms with E-state index in [1.165, 1.54) is 11.3 Å². The third-order valence-electron chi connectivity index (χ3n) is 3.54. The summed E-state index contributed by atoms with van der Waals surface area (Å²) in [5.74, 6) is -0.140. The van der Waals surface area contributed by atoms with Crippen LogP contribution in [0.25, 0.3) is 0 Å². The molecule has 1 heterocycles. The number of anilines is 1. The van der Waals surface area contributed by atoms with Crippen LogP contribution in [0.2, 0.25) is 0 Å². The lowest BCUT2D eigenvalue weighted by Gasteiger charge is -2.12. The molecular weight excluding hydrogens is 284 g/mol. The van der Waals surface area contributed by atoms with E-state index in [2.05, 4.69) is 10.3 Å². The van der Waals surface area contributed by atoms with Gasteiger partial charge in [0.05, 0.1) is 12.3 Å². The van der Waals surface area contributed by atoms with E-state index in [9.17, 15) is 4.79 Å². The van der Waals surface area contributed by atoms with Crippen LogP contribution < -0.4 is 5.32 Å². The number of hydrogen-bond donors (Lipinski definition) is 1. The van der Waals surface area contributed by atoms with Crippen LogP contribution in [0.5, 0.6) is 0 Å². The molecule has 0 saturated heterocycles. The number of amides is 1. The van der Waals surface area contributed by atoms with Crippen molar-refractivity contribution >= 4 is 22.4 Å². The number of ether oxygens (including phenoxy) is 1. The molecule has 5 heteroatoms. The lowest BCUT2D eigenvalue weighted by molar-refractivity contribution is -0.127. The SMILES string of the molecule is C[C@@H](OCc1ccccc1)C(=O)Nc1nc2c(s1)CCC2. The minimum absolute atomic E-state index is 0.140. The first-order valence-electron chi connectivity index (χ1n) is 7.17. The van der Waals surface area contributed by atoms with Crippen molar-refractivity contribution in [1.29, 1.82) is 0 Å². The molecule has 1 amide bonds. The molecule has 110 valence electrons. The molecule has 0 bridgehead atoms. The van der Waals surface area contributed by atoms with Crippen molar-refractivity contribution in [2.45, 2.75) is 38.9 Å². The van der Waals surface area contributed by atoms with Crippen molar-refractivity contribution < 1.29 is 9.53 Å². The fourth-order valence-electron chi connectivity index (χ4n) is 2.32. The van der Waals surface area contributed by atoms with Crippen molar-refractivity contribution in [3.63, 3.8) is 0 Å². The Morgan fingerprint density at radius 1 is 1.38 bits per heavy atom. The molecule has 2 aromatic rings. The number of fused-ring (bicyclic) bond motifs is 1. The Kier molecular flexibility index (Phi) is 4.31. The summed E-state index contributed by atoms with van der Waals surface area (Å²) in [6, 6.07) is 9.84. The first-order chi connectivity index (χ1) is 10.2. The Morgan fingerprint density at radius 2 is 2.19 bits per heavy atom. The lowest BCUT2D eigenvalue weighted by atomic mass is 10.2. The molecule has 21 heavy (non-hydrogen) atoms. The van der Waals surface area contributed by atoms with E-state index in [0.717, 1.165) is 24.1 Å². The largest absolute Gasteiger partial charge is 0.364 e. The van der Waals surface area contributed by atoms with E-state index >= 15 is 0 Å². The Balaban J connectivity index is 1.52. The summed E-state index contributed by atoms with van der Waals surface area (Å²) in [7, 11) is 0. The summed E-state index contributed by atoms with van der Waals surface area (Å²) in [5.41, 5.74) is 2.21. The topological polar surface area (TPSA) is 51.2 Å². The number of benzene rings is 1. The predicted octanol–water partition coefficient (Wildman–Crippen LogP) is 3.18. The Hall–Kier alpha value is -1.72. The van der Waals surface area contributed by atoms with Crippen LogP contribution in [0.3, 0.4) is 0 Å². The van der Waals surface area contributed by atoms with Crippen molar-refractivity contribution in [3.05, 3.63) is 46.5 Å². The Labute approximate surface area is 128 Å². The minimum Gasteiger partial charge on any atom is -0.364 e. The maximum absolute atomic E-state index is 12.1. The number of nitrogens with one attached hydrogen (secondary N) is 1. The van der Waals surface area contributed by atoms with E-state index in [0.29, 0.717) is 11.7 Å². The molecular formula is C16H18N2O2S. The van der Waals surface area contributed by atoms with Gasteiger partial charge in [-0.25, -0.2) is 4.98 Å². The standard InChI is InChI=1S/C16H18N2O2S/c1-11(20-10-12-6-3-2-4-7-12)15(19)18-16-17-13-8-5-9-14(13)21-16/h2-4,6-7,11H,5,8-10H2,1H3,(H,17,18,19)/t11-/m1/s1. The summed E-state index contributed by atoms with van der Waals surface area (Å²) < 4.78 is 5.60. The van der Waals surface area contributed by atoms with Crippen LogP contribution in [0.1, 0.15) is 29.5 Å². The van der Waals surface area contributed by atoms with E-state index in [4.69, 9.17) is 4.74 Å². The van der Waals surface area contributed by atoms with Gasteiger partial charge < -0.3 is 4.74 Å². The molecule has 0 radical (unpaired) electrons. The Morgan fingerprint density at radius 3 is 2.95 bits per heavy atom. The Bertz CT molecular complexity index is 603. The molecule has 0 fully saturated rings. The van der Waals surface area contributed by atoms with Gasteiger partial charge in [-0.2, -0.15) is 0 Å². The monoisotopic (exact) mass is 302 g/mol. The van der Waals surface area contributed by atoms with E-state index < -0.39 is 6.10 Å². The highest BCUT2D eigenvalue weighted by atomic mass is 32.1. The van der Waals surface area contributed by atoms with E-state index in [1.807, 2.05) is 30.3 Å². The molecule has 1 aromatic heterocycles. The average molecular weight is 302 g/mol. The highest BCUT2D eigenvalue weighted by Crippen LogP contribution is 2.30. The van der Waals surface area contributed by atoms with Gasteiger partial charge in [-0.1, -0.05) is 30.3 Å². The predicted molar refractivity (Wildman–Crippen MR) is 83.5 cm³/mol. The highest BCUT2D eigenvalue weighted by molar-refractivity contribution is 7.15. The molecule has 1 atom stereocenters. The van der Waals surface area contributed by atoms with Crippen molar-refractivity contribution in [3.8, 4) is 0 Å². The first kappa shape index (κ1) is 14.2. The molecule has 0 unspecified atom stereocenters. The molecule has 1 N–H and O–H groups in total. The van der Waals surface area contributed by atoms with Gasteiger partial charge >= 0.3 is 0 Å². The summed E-state index contributed by atoms with van der Waals surface area (Å²) in [4.78, 5) is 17.9. The van der Waals surface area contributed by atoms with Gasteiger partial charge in [0, 0.05) is 4.88 Å². The summed E-state index contributed by atoms with van der Waals surface area (Å²) >= 11 is 1.58. The number of carbonyl (C=O) groups excluding carboxylic acids is 1. The van der Waals surface area contributed by atoms with Crippen molar-refractivity contribution in [1.82, 2.24) is 4.98 Å². The molecule has 0 saturated carbocycles. The number of thiazole rings is 1. The van der Waals surface area contributed by atoms with Gasteiger partial charge in [0.15, 0.2) is 5.13 Å². The number of aromatic nitrogens is 1. The zero-order valence-corrected chi connectivity index (χ0v) is 12.8. The third-order valence-corrected chi connectivity index (χ3v) is 4.61. The van der Waals surface area contributed by atoms with Crippen LogP contribution in [0.15, 0.2) is 30.3 Å². The summed E-state index contributed by atoms with van der Waals surface area (Å²) in [5, 5.41) is 3.55. The molecule has 0 spiro atoms. The minimum atomic E-state index is -0.496. The second kappa shape index (κ2) is 6.37. The zero-order valence-electron chi connectivity index (χ0n) is 12.0. The fourth-order valence-corrected chi connectivity index (χ4v) is 3.37. The van der Waals surface area contributed by atoms with Crippen LogP contribution in [-0.4, -0.2) is 17.0 Å². The van der Waals surface area contributed by atoms with Gasteiger partial charge in [0.25, 0.3) is 5.91 Å². The van der Waals surface area contributed by atoms with Gasteiger partial charge in [-0.3, -0.25) is 10.1 Å². The summed E-state index contributed by atoms with van der Waals surface area (Å²) in [6.45, 7) is 2.20. The average Bonchev–Trinajstić information content (AvgIpc) is 3.07. The van der Waals surface area contributed by atoms with E-state index in [1.54, 1.807) is 18.3 Å². The number of rotatable bonds is 5. The normalized spacial score (nSPS) is 14.7. The number of carbonyl (C=O) groups is 1. The quantitative estimate of drug-likeness (QED) is 0.923. The first-order valence-corrected chi connectivity index (χ1v) is 7.99. The lowest BCUT2D eigenvalue weighted by Crippen LogP contribution is -2.27. The van der Waals surface area contributed by atoms with Gasteiger partial charge in [0.1, 0.15) is 6.10 Å². The van der Waals surface area contributed by atoms with Crippen molar-refractivity contribution in [2.75, 3.05) is 5.32 Å². The molecule has 1 aromatic carbocycles. The number of nitrogens with zero attached hydrogens (tertiary/aromatic N) is 1. The zero-order chi connectivity index (χ0) is 14.7. The van der Waals surface area contributed by atoms with Crippen molar-refractivity contribution in [2.24, 2.45) is 0 Å². The highest BCUT2D eigenvalue weighted by Gasteiger charge is 2.20.